The van der Waals surface area contributed by atoms with Gasteiger partial charge in [-0.05, 0) is 18.2 Å². The van der Waals surface area contributed by atoms with Gasteiger partial charge in [0.05, 0.1) is 11.3 Å². The fourth-order valence-electron chi connectivity index (χ4n) is 2.31. The second kappa shape index (κ2) is 6.10. The van der Waals surface area contributed by atoms with Crippen LogP contribution in [0.25, 0.3) is 0 Å². The highest BCUT2D eigenvalue weighted by molar-refractivity contribution is 7.89. The fourth-order valence-corrected chi connectivity index (χ4v) is 3.93. The molecule has 0 unspecified atom stereocenters. The summed E-state index contributed by atoms with van der Waals surface area (Å²) in [6, 6.07) is 4.30. The molecule has 0 bridgehead atoms. The van der Waals surface area contributed by atoms with Crippen molar-refractivity contribution < 1.29 is 18.3 Å². The lowest BCUT2D eigenvalue weighted by Gasteiger charge is -2.35. The summed E-state index contributed by atoms with van der Waals surface area (Å²) < 4.78 is 31.4. The number of sulfonamides is 1. The van der Waals surface area contributed by atoms with E-state index in [1.807, 2.05) is 0 Å². The lowest BCUT2D eigenvalue weighted by Crippen LogP contribution is -2.47. The van der Waals surface area contributed by atoms with Crippen molar-refractivity contribution in [1.82, 2.24) is 4.31 Å². The lowest BCUT2D eigenvalue weighted by atomic mass is 9.95. The van der Waals surface area contributed by atoms with Gasteiger partial charge in [-0.15, -0.1) is 0 Å². The number of rotatable bonds is 4. The summed E-state index contributed by atoms with van der Waals surface area (Å²) in [5, 5.41) is 10.7. The normalized spacial score (nSPS) is 18.9. The van der Waals surface area contributed by atoms with Crippen LogP contribution >= 0.6 is 11.6 Å². The summed E-state index contributed by atoms with van der Waals surface area (Å²) >= 11 is 5.84. The molecule has 6 nitrogen and oxygen atoms in total. The molecule has 0 saturated carbocycles. The lowest BCUT2D eigenvalue weighted by molar-refractivity contribution is -0.0689. The zero-order valence-electron chi connectivity index (χ0n) is 11.8. The molecule has 0 amide bonds. The number of nitrogens with zero attached hydrogens (tertiary/aromatic N) is 1. The molecule has 3 N–H and O–H groups in total. The quantitative estimate of drug-likeness (QED) is 0.804. The maximum Gasteiger partial charge on any atom is 0.245 e. The molecule has 0 spiro atoms. The van der Waals surface area contributed by atoms with Crippen LogP contribution in [0.2, 0.25) is 5.02 Å². The van der Waals surface area contributed by atoms with Gasteiger partial charge in [-0.2, -0.15) is 4.31 Å². The van der Waals surface area contributed by atoms with E-state index in [2.05, 4.69) is 0 Å². The van der Waals surface area contributed by atoms with Crippen molar-refractivity contribution >= 4 is 27.3 Å². The molecule has 21 heavy (non-hydrogen) atoms. The number of ether oxygens (including phenoxy) is 1. The first-order valence-corrected chi connectivity index (χ1v) is 8.38. The van der Waals surface area contributed by atoms with Crippen LogP contribution < -0.4 is 5.73 Å². The van der Waals surface area contributed by atoms with Crippen molar-refractivity contribution in [2.24, 2.45) is 0 Å². The standard InChI is InChI=1S/C13H19ClN2O4S/c1-16(9-13(17)4-6-20-7-5-13)21(18,19)12-8-10(14)2-3-11(12)15/h2-3,8,17H,4-7,9,15H2,1H3. The van der Waals surface area contributed by atoms with Gasteiger partial charge in [-0.1, -0.05) is 11.6 Å². The third kappa shape index (κ3) is 3.67. The average molecular weight is 335 g/mol. The Balaban J connectivity index is 2.24. The molecule has 0 radical (unpaired) electrons. The molecular weight excluding hydrogens is 316 g/mol. The summed E-state index contributed by atoms with van der Waals surface area (Å²) in [6.07, 6.45) is 0.801. The molecular formula is C13H19ClN2O4S. The molecule has 2 rings (SSSR count). The minimum absolute atomic E-state index is 0.00928. The van der Waals surface area contributed by atoms with E-state index in [4.69, 9.17) is 22.1 Å². The number of likely N-dealkylation sites (N-methyl/N-ethyl adjacent to an activating group) is 1. The van der Waals surface area contributed by atoms with Crippen molar-refractivity contribution in [3.63, 3.8) is 0 Å². The van der Waals surface area contributed by atoms with Gasteiger partial charge in [0.15, 0.2) is 0 Å². The third-order valence-electron chi connectivity index (χ3n) is 3.60. The molecule has 1 aromatic carbocycles. The van der Waals surface area contributed by atoms with E-state index in [-0.39, 0.29) is 17.1 Å². The second-order valence-corrected chi connectivity index (χ2v) is 7.73. The monoisotopic (exact) mass is 334 g/mol. The highest BCUT2D eigenvalue weighted by Crippen LogP contribution is 2.28. The summed E-state index contributed by atoms with van der Waals surface area (Å²) in [7, 11) is -2.39. The zero-order chi connectivity index (χ0) is 15.7. The number of hydrogen-bond donors (Lipinski definition) is 2. The van der Waals surface area contributed by atoms with E-state index in [1.54, 1.807) is 0 Å². The van der Waals surface area contributed by atoms with E-state index in [0.29, 0.717) is 31.1 Å². The van der Waals surface area contributed by atoms with Crippen LogP contribution in [0.4, 0.5) is 5.69 Å². The highest BCUT2D eigenvalue weighted by atomic mass is 35.5. The molecule has 1 aliphatic heterocycles. The van der Waals surface area contributed by atoms with Gasteiger partial charge in [0, 0.05) is 44.7 Å². The molecule has 0 aromatic heterocycles. The van der Waals surface area contributed by atoms with Gasteiger partial charge in [0.25, 0.3) is 0 Å². The molecule has 1 saturated heterocycles. The Labute approximate surface area is 129 Å². The van der Waals surface area contributed by atoms with Gasteiger partial charge < -0.3 is 15.6 Å². The second-order valence-electron chi connectivity index (χ2n) is 5.28. The first-order valence-electron chi connectivity index (χ1n) is 6.56. The number of halogens is 1. The summed E-state index contributed by atoms with van der Waals surface area (Å²) in [6.45, 7) is 0.831. The maximum absolute atomic E-state index is 12.6. The Morgan fingerprint density at radius 2 is 2.05 bits per heavy atom. The van der Waals surface area contributed by atoms with Crippen molar-refractivity contribution in [2.45, 2.75) is 23.3 Å². The minimum Gasteiger partial charge on any atom is -0.398 e. The van der Waals surface area contributed by atoms with E-state index in [1.165, 1.54) is 25.2 Å². The minimum atomic E-state index is -3.81. The predicted octanol–water partition coefficient (Wildman–Crippen LogP) is 1.08. The molecule has 1 heterocycles. The van der Waals surface area contributed by atoms with Crippen LogP contribution in [-0.2, 0) is 14.8 Å². The highest BCUT2D eigenvalue weighted by Gasteiger charge is 2.35. The Bertz CT molecular complexity index is 615. The van der Waals surface area contributed by atoms with Crippen molar-refractivity contribution in [3.05, 3.63) is 23.2 Å². The first kappa shape index (κ1) is 16.5. The Hall–Kier alpha value is -0.860. The van der Waals surface area contributed by atoms with Crippen LogP contribution in [0.1, 0.15) is 12.8 Å². The van der Waals surface area contributed by atoms with E-state index in [0.717, 1.165) is 4.31 Å². The predicted molar refractivity (Wildman–Crippen MR) is 80.7 cm³/mol. The van der Waals surface area contributed by atoms with Crippen molar-refractivity contribution in [1.29, 1.82) is 0 Å². The number of benzene rings is 1. The van der Waals surface area contributed by atoms with E-state index >= 15 is 0 Å². The summed E-state index contributed by atoms with van der Waals surface area (Å²) in [4.78, 5) is -0.0480. The number of aliphatic hydroxyl groups is 1. The van der Waals surface area contributed by atoms with Gasteiger partial charge in [0.2, 0.25) is 10.0 Å². The van der Waals surface area contributed by atoms with Crippen LogP contribution in [-0.4, -0.2) is 50.2 Å². The van der Waals surface area contributed by atoms with Crippen molar-refractivity contribution in [3.8, 4) is 0 Å². The zero-order valence-corrected chi connectivity index (χ0v) is 13.3. The SMILES string of the molecule is CN(CC1(O)CCOCC1)S(=O)(=O)c1cc(Cl)ccc1N. The molecule has 1 fully saturated rings. The van der Waals surface area contributed by atoms with E-state index < -0.39 is 15.6 Å². The Morgan fingerprint density at radius 3 is 2.67 bits per heavy atom. The van der Waals surface area contributed by atoms with Crippen LogP contribution in [0.3, 0.4) is 0 Å². The van der Waals surface area contributed by atoms with Gasteiger partial charge in [-0.25, -0.2) is 8.42 Å². The van der Waals surface area contributed by atoms with E-state index in [9.17, 15) is 13.5 Å². The topological polar surface area (TPSA) is 92.9 Å². The smallest absolute Gasteiger partial charge is 0.245 e. The number of hydrogen-bond acceptors (Lipinski definition) is 5. The van der Waals surface area contributed by atoms with Crippen LogP contribution in [0, 0.1) is 0 Å². The Kier molecular flexibility index (Phi) is 4.79. The number of nitrogens with two attached hydrogens (primary N) is 1. The molecule has 1 aliphatic rings. The van der Waals surface area contributed by atoms with Crippen LogP contribution in [0.15, 0.2) is 23.1 Å². The largest absolute Gasteiger partial charge is 0.398 e. The molecule has 118 valence electrons. The van der Waals surface area contributed by atoms with Gasteiger partial charge in [-0.3, -0.25) is 0 Å². The van der Waals surface area contributed by atoms with Crippen molar-refractivity contribution in [2.75, 3.05) is 32.5 Å². The first-order chi connectivity index (χ1) is 9.74. The maximum atomic E-state index is 12.6. The van der Waals surface area contributed by atoms with Gasteiger partial charge >= 0.3 is 0 Å². The fraction of sp³-hybridized carbons (Fsp3) is 0.538. The van der Waals surface area contributed by atoms with Crippen LogP contribution in [0.5, 0.6) is 0 Å². The number of anilines is 1. The Morgan fingerprint density at radius 1 is 1.43 bits per heavy atom. The molecule has 1 aromatic rings. The average Bonchev–Trinajstić information content (AvgIpc) is 2.41. The van der Waals surface area contributed by atoms with Gasteiger partial charge in [0.1, 0.15) is 4.90 Å². The molecule has 8 heteroatoms. The molecule has 0 atom stereocenters. The summed E-state index contributed by atoms with van der Waals surface area (Å²) in [5.41, 5.74) is 4.79. The summed E-state index contributed by atoms with van der Waals surface area (Å²) in [5.74, 6) is 0. The molecule has 0 aliphatic carbocycles. The third-order valence-corrected chi connectivity index (χ3v) is 5.70. The number of nitrogen functional groups attached to an aromatic ring is 1.